The summed E-state index contributed by atoms with van der Waals surface area (Å²) in [6, 6.07) is 4.23. The Morgan fingerprint density at radius 2 is 2.29 bits per heavy atom. The van der Waals surface area contributed by atoms with Gasteiger partial charge in [-0.25, -0.2) is 9.07 Å². The predicted molar refractivity (Wildman–Crippen MR) is 63.7 cm³/mol. The Hall–Kier alpha value is -1.89. The van der Waals surface area contributed by atoms with Crippen LogP contribution >= 0.6 is 15.9 Å². The van der Waals surface area contributed by atoms with Crippen LogP contribution in [0.4, 0.5) is 4.39 Å². The SMILES string of the molecule is N/C(=N\O)c1ccc(-n2cc(Br)cn2)c(F)c1. The van der Waals surface area contributed by atoms with E-state index in [1.807, 2.05) is 0 Å². The van der Waals surface area contributed by atoms with Crippen molar-refractivity contribution in [2.45, 2.75) is 0 Å². The summed E-state index contributed by atoms with van der Waals surface area (Å²) in [5.41, 5.74) is 5.95. The molecule has 0 saturated heterocycles. The van der Waals surface area contributed by atoms with Gasteiger partial charge in [0.05, 0.1) is 10.7 Å². The van der Waals surface area contributed by atoms with Gasteiger partial charge in [0.1, 0.15) is 11.5 Å². The molecule has 5 nitrogen and oxygen atoms in total. The zero-order valence-electron chi connectivity index (χ0n) is 8.51. The van der Waals surface area contributed by atoms with E-state index in [1.54, 1.807) is 18.5 Å². The molecular formula is C10H8BrFN4O. The predicted octanol–water partition coefficient (Wildman–Crippen LogP) is 1.87. The number of aromatic nitrogens is 2. The van der Waals surface area contributed by atoms with E-state index in [1.165, 1.54) is 16.8 Å². The van der Waals surface area contributed by atoms with E-state index in [4.69, 9.17) is 10.9 Å². The van der Waals surface area contributed by atoms with Crippen molar-refractivity contribution in [2.75, 3.05) is 0 Å². The minimum absolute atomic E-state index is 0.142. The Bertz CT molecular complexity index is 581. The Labute approximate surface area is 104 Å². The van der Waals surface area contributed by atoms with Gasteiger partial charge in [-0.3, -0.25) is 0 Å². The molecule has 1 aromatic carbocycles. The van der Waals surface area contributed by atoms with Crippen molar-refractivity contribution in [1.82, 2.24) is 9.78 Å². The molecule has 1 heterocycles. The lowest BCUT2D eigenvalue weighted by Crippen LogP contribution is -2.13. The van der Waals surface area contributed by atoms with Gasteiger partial charge in [-0.2, -0.15) is 5.10 Å². The molecule has 1 aromatic heterocycles. The summed E-state index contributed by atoms with van der Waals surface area (Å²) in [6.45, 7) is 0. The van der Waals surface area contributed by atoms with Gasteiger partial charge < -0.3 is 10.9 Å². The van der Waals surface area contributed by atoms with Crippen LogP contribution in [0.3, 0.4) is 0 Å². The minimum atomic E-state index is -0.510. The number of hydrogen-bond donors (Lipinski definition) is 2. The molecule has 0 amide bonds. The molecular weight excluding hydrogens is 291 g/mol. The van der Waals surface area contributed by atoms with E-state index >= 15 is 0 Å². The van der Waals surface area contributed by atoms with Crippen molar-refractivity contribution >= 4 is 21.8 Å². The standard InChI is InChI=1S/C10H8BrFN4O/c11-7-4-14-16(5-7)9-2-1-6(3-8(9)12)10(13)15-17/h1-5,17H,(H2,13,15). The molecule has 0 atom stereocenters. The van der Waals surface area contributed by atoms with Gasteiger partial charge in [0, 0.05) is 11.8 Å². The highest BCUT2D eigenvalue weighted by molar-refractivity contribution is 9.10. The molecule has 0 radical (unpaired) electrons. The Morgan fingerprint density at radius 3 is 2.82 bits per heavy atom. The molecule has 0 saturated carbocycles. The molecule has 3 N–H and O–H groups in total. The van der Waals surface area contributed by atoms with Gasteiger partial charge in [0.2, 0.25) is 0 Å². The average Bonchev–Trinajstić information content (AvgIpc) is 2.74. The zero-order valence-corrected chi connectivity index (χ0v) is 10.1. The maximum atomic E-state index is 13.8. The quantitative estimate of drug-likeness (QED) is 0.385. The van der Waals surface area contributed by atoms with Crippen LogP contribution in [-0.4, -0.2) is 20.8 Å². The summed E-state index contributed by atoms with van der Waals surface area (Å²) in [5.74, 6) is -0.651. The summed E-state index contributed by atoms with van der Waals surface area (Å²) in [6.07, 6.45) is 3.18. The lowest BCUT2D eigenvalue weighted by atomic mass is 10.2. The van der Waals surface area contributed by atoms with Crippen molar-refractivity contribution in [3.8, 4) is 5.69 Å². The van der Waals surface area contributed by atoms with Crippen LogP contribution in [0.2, 0.25) is 0 Å². The van der Waals surface area contributed by atoms with Gasteiger partial charge >= 0.3 is 0 Å². The third kappa shape index (κ3) is 2.28. The summed E-state index contributed by atoms with van der Waals surface area (Å²) in [5, 5.41) is 15.3. The molecule has 0 unspecified atom stereocenters. The maximum Gasteiger partial charge on any atom is 0.170 e. The van der Waals surface area contributed by atoms with Gasteiger partial charge in [-0.1, -0.05) is 5.16 Å². The number of oxime groups is 1. The average molecular weight is 299 g/mol. The fraction of sp³-hybridized carbons (Fsp3) is 0. The lowest BCUT2D eigenvalue weighted by Gasteiger charge is -2.05. The molecule has 2 rings (SSSR count). The van der Waals surface area contributed by atoms with Crippen LogP contribution in [0.5, 0.6) is 0 Å². The second-order valence-electron chi connectivity index (χ2n) is 3.25. The molecule has 88 valence electrons. The van der Waals surface area contributed by atoms with Crippen molar-refractivity contribution in [2.24, 2.45) is 10.9 Å². The highest BCUT2D eigenvalue weighted by Gasteiger charge is 2.08. The second-order valence-corrected chi connectivity index (χ2v) is 4.17. The van der Waals surface area contributed by atoms with Crippen molar-refractivity contribution < 1.29 is 9.60 Å². The molecule has 7 heteroatoms. The highest BCUT2D eigenvalue weighted by atomic mass is 79.9. The first-order chi connectivity index (χ1) is 8.11. The van der Waals surface area contributed by atoms with Crippen molar-refractivity contribution in [3.05, 3.63) is 46.4 Å². The van der Waals surface area contributed by atoms with Crippen molar-refractivity contribution in [1.29, 1.82) is 0 Å². The topological polar surface area (TPSA) is 76.4 Å². The fourth-order valence-corrected chi connectivity index (χ4v) is 1.63. The molecule has 0 bridgehead atoms. The first kappa shape index (κ1) is 11.6. The van der Waals surface area contributed by atoms with Gasteiger partial charge in [0.25, 0.3) is 0 Å². The molecule has 0 spiro atoms. The first-order valence-electron chi connectivity index (χ1n) is 4.60. The van der Waals surface area contributed by atoms with Crippen LogP contribution in [0, 0.1) is 5.82 Å². The van der Waals surface area contributed by atoms with Crippen LogP contribution in [0.25, 0.3) is 5.69 Å². The number of nitrogens with zero attached hydrogens (tertiary/aromatic N) is 3. The third-order valence-corrected chi connectivity index (χ3v) is 2.56. The van der Waals surface area contributed by atoms with Gasteiger partial charge in [-0.15, -0.1) is 0 Å². The first-order valence-corrected chi connectivity index (χ1v) is 5.39. The second kappa shape index (κ2) is 4.54. The summed E-state index contributed by atoms with van der Waals surface area (Å²) in [4.78, 5) is 0. The number of amidine groups is 1. The molecule has 2 aromatic rings. The summed E-state index contributed by atoms with van der Waals surface area (Å²) >= 11 is 3.22. The van der Waals surface area contributed by atoms with Gasteiger partial charge in [-0.05, 0) is 34.1 Å². The number of halogens is 2. The Balaban J connectivity index is 2.45. The Morgan fingerprint density at radius 1 is 1.53 bits per heavy atom. The van der Waals surface area contributed by atoms with E-state index in [2.05, 4.69) is 26.2 Å². The highest BCUT2D eigenvalue weighted by Crippen LogP contribution is 2.17. The van der Waals surface area contributed by atoms with Gasteiger partial charge in [0.15, 0.2) is 5.84 Å². The zero-order chi connectivity index (χ0) is 12.4. The fourth-order valence-electron chi connectivity index (χ4n) is 1.34. The number of benzene rings is 1. The maximum absolute atomic E-state index is 13.8. The third-order valence-electron chi connectivity index (χ3n) is 2.15. The lowest BCUT2D eigenvalue weighted by molar-refractivity contribution is 0.318. The molecule has 0 aliphatic carbocycles. The van der Waals surface area contributed by atoms with E-state index < -0.39 is 5.82 Å². The minimum Gasteiger partial charge on any atom is -0.409 e. The van der Waals surface area contributed by atoms with E-state index in [9.17, 15) is 4.39 Å². The van der Waals surface area contributed by atoms with Crippen LogP contribution < -0.4 is 5.73 Å². The molecule has 0 aliphatic rings. The Kier molecular flexibility index (Phi) is 3.10. The molecule has 17 heavy (non-hydrogen) atoms. The van der Waals surface area contributed by atoms with E-state index in [-0.39, 0.29) is 11.5 Å². The van der Waals surface area contributed by atoms with Crippen LogP contribution in [0.1, 0.15) is 5.56 Å². The number of rotatable bonds is 2. The molecule has 0 aliphatic heterocycles. The van der Waals surface area contributed by atoms with E-state index in [0.29, 0.717) is 5.56 Å². The molecule has 0 fully saturated rings. The van der Waals surface area contributed by atoms with Crippen LogP contribution in [-0.2, 0) is 0 Å². The smallest absolute Gasteiger partial charge is 0.170 e. The van der Waals surface area contributed by atoms with Crippen molar-refractivity contribution in [3.63, 3.8) is 0 Å². The number of nitrogens with two attached hydrogens (primary N) is 1. The summed E-state index contributed by atoms with van der Waals surface area (Å²) in [7, 11) is 0. The van der Waals surface area contributed by atoms with Crippen LogP contribution in [0.15, 0.2) is 40.2 Å². The van der Waals surface area contributed by atoms with E-state index in [0.717, 1.165) is 4.47 Å². The summed E-state index contributed by atoms with van der Waals surface area (Å²) < 4.78 is 15.9. The number of hydrogen-bond acceptors (Lipinski definition) is 3. The normalized spacial score (nSPS) is 11.8. The largest absolute Gasteiger partial charge is 0.409 e. The monoisotopic (exact) mass is 298 g/mol.